The number of pyridine rings is 1. The van der Waals surface area contributed by atoms with Crippen LogP contribution in [-0.4, -0.2) is 15.0 Å². The molecule has 61 heavy (non-hydrogen) atoms. The molecule has 1 aliphatic carbocycles. The molecule has 0 spiro atoms. The molecule has 2 heterocycles. The number of aromatic nitrogens is 3. The predicted molar refractivity (Wildman–Crippen MR) is 250 cm³/mol. The molecule has 8 aromatic carbocycles. The summed E-state index contributed by atoms with van der Waals surface area (Å²) in [5.74, 6) is 0.679. The maximum Gasteiger partial charge on any atom is 0.160 e. The summed E-state index contributed by atoms with van der Waals surface area (Å²) in [4.78, 5) is 14.9. The molecule has 10 aromatic rings. The normalized spacial score (nSPS) is 12.4. The van der Waals surface area contributed by atoms with Gasteiger partial charge >= 0.3 is 0 Å². The first-order valence-corrected chi connectivity index (χ1v) is 20.8. The molecule has 0 N–H and O–H groups in total. The summed E-state index contributed by atoms with van der Waals surface area (Å²) >= 11 is 0. The van der Waals surface area contributed by atoms with Gasteiger partial charge in [-0.1, -0.05) is 200 Å². The van der Waals surface area contributed by atoms with Gasteiger partial charge in [0.25, 0.3) is 0 Å². The second kappa shape index (κ2) is 15.3. The van der Waals surface area contributed by atoms with Crippen molar-refractivity contribution < 1.29 is 0 Å². The molecule has 1 aliphatic rings. The molecule has 0 bridgehead atoms. The molecule has 0 saturated heterocycles. The van der Waals surface area contributed by atoms with Gasteiger partial charge in [0.05, 0.1) is 22.5 Å². The second-order valence-electron chi connectivity index (χ2n) is 15.6. The van der Waals surface area contributed by atoms with E-state index in [9.17, 15) is 0 Å². The van der Waals surface area contributed by atoms with Gasteiger partial charge in [0.1, 0.15) is 0 Å². The zero-order valence-corrected chi connectivity index (χ0v) is 33.4. The number of benzene rings is 8. The van der Waals surface area contributed by atoms with Crippen LogP contribution in [0.25, 0.3) is 78.5 Å². The predicted octanol–water partition coefficient (Wildman–Crippen LogP) is 14.2. The molecule has 11 rings (SSSR count). The van der Waals surface area contributed by atoms with Gasteiger partial charge in [0, 0.05) is 28.5 Å². The average molecular weight is 778 g/mol. The van der Waals surface area contributed by atoms with Crippen molar-refractivity contribution in [3.8, 4) is 78.5 Å². The van der Waals surface area contributed by atoms with Crippen LogP contribution in [0, 0.1) is 0 Å². The van der Waals surface area contributed by atoms with E-state index in [4.69, 9.17) is 15.0 Å². The highest BCUT2D eigenvalue weighted by Crippen LogP contribution is 2.56. The Balaban J connectivity index is 0.942. The molecule has 2 aromatic heterocycles. The Labute approximate surface area is 356 Å². The third kappa shape index (κ3) is 6.44. The minimum absolute atomic E-state index is 0.410. The highest BCUT2D eigenvalue weighted by atomic mass is 14.9. The molecule has 0 atom stereocenters. The lowest BCUT2D eigenvalue weighted by molar-refractivity contribution is 0.768. The van der Waals surface area contributed by atoms with Gasteiger partial charge in [-0.15, -0.1) is 0 Å². The monoisotopic (exact) mass is 777 g/mol. The first-order valence-electron chi connectivity index (χ1n) is 20.8. The van der Waals surface area contributed by atoms with E-state index < -0.39 is 5.41 Å². The Hall–Kier alpha value is -8.01. The van der Waals surface area contributed by atoms with Crippen molar-refractivity contribution in [3.63, 3.8) is 0 Å². The van der Waals surface area contributed by atoms with Gasteiger partial charge in [-0.25, -0.2) is 9.97 Å². The maximum atomic E-state index is 5.08. The summed E-state index contributed by atoms with van der Waals surface area (Å²) in [5.41, 5.74) is 18.6. The van der Waals surface area contributed by atoms with Crippen molar-refractivity contribution in [2.45, 2.75) is 5.41 Å². The van der Waals surface area contributed by atoms with Gasteiger partial charge in [0.2, 0.25) is 0 Å². The van der Waals surface area contributed by atoms with Crippen molar-refractivity contribution >= 4 is 0 Å². The Bertz CT molecular complexity index is 3100. The van der Waals surface area contributed by atoms with Crippen LogP contribution in [0.3, 0.4) is 0 Å². The lowest BCUT2D eigenvalue weighted by Gasteiger charge is -2.33. The first-order chi connectivity index (χ1) is 30.2. The van der Waals surface area contributed by atoms with Crippen molar-refractivity contribution in [1.82, 2.24) is 15.0 Å². The fourth-order valence-electron chi connectivity index (χ4n) is 9.12. The number of hydrogen-bond donors (Lipinski definition) is 0. The van der Waals surface area contributed by atoms with E-state index in [0.717, 1.165) is 50.5 Å². The van der Waals surface area contributed by atoms with E-state index in [1.165, 1.54) is 44.5 Å². The van der Waals surface area contributed by atoms with E-state index in [1.54, 1.807) is 0 Å². The number of rotatable bonds is 8. The zero-order chi connectivity index (χ0) is 40.6. The standard InChI is InChI=1S/C58H39N3/c1-5-16-41(17-6-1)54-35-33-47(39-59-54)56-38-55(60-57(61-56)43-18-7-2-8-19-43)42-30-28-40(29-31-42)44-20-15-21-45(36-44)46-32-34-53-51(37-46)50-26-13-14-27-52(50)58(53,48-22-9-3-10-23-48)49-24-11-4-12-25-49/h1-39H. The van der Waals surface area contributed by atoms with Crippen LogP contribution >= 0.6 is 0 Å². The molecular weight excluding hydrogens is 739 g/mol. The van der Waals surface area contributed by atoms with Gasteiger partial charge in [0.15, 0.2) is 5.82 Å². The Morgan fingerprint density at radius 2 is 0.754 bits per heavy atom. The van der Waals surface area contributed by atoms with Crippen LogP contribution in [0.2, 0.25) is 0 Å². The van der Waals surface area contributed by atoms with Gasteiger partial charge in [-0.2, -0.15) is 0 Å². The van der Waals surface area contributed by atoms with Crippen LogP contribution in [0.4, 0.5) is 0 Å². The highest BCUT2D eigenvalue weighted by Gasteiger charge is 2.45. The quantitative estimate of drug-likeness (QED) is 0.154. The average Bonchev–Trinajstić information content (AvgIpc) is 3.65. The minimum atomic E-state index is -0.410. The summed E-state index contributed by atoms with van der Waals surface area (Å²) in [7, 11) is 0. The molecule has 3 heteroatoms. The summed E-state index contributed by atoms with van der Waals surface area (Å²) in [6.07, 6.45) is 1.90. The lowest BCUT2D eigenvalue weighted by Crippen LogP contribution is -2.28. The Morgan fingerprint density at radius 1 is 0.279 bits per heavy atom. The fraction of sp³-hybridized carbons (Fsp3) is 0.0172. The molecule has 0 aliphatic heterocycles. The van der Waals surface area contributed by atoms with Gasteiger partial charge in [-0.05, 0) is 86.0 Å². The van der Waals surface area contributed by atoms with E-state index >= 15 is 0 Å². The van der Waals surface area contributed by atoms with Crippen LogP contribution in [0.15, 0.2) is 237 Å². The molecular formula is C58H39N3. The number of hydrogen-bond acceptors (Lipinski definition) is 3. The summed E-state index contributed by atoms with van der Waals surface area (Å²) in [6.45, 7) is 0. The second-order valence-corrected chi connectivity index (χ2v) is 15.6. The zero-order valence-electron chi connectivity index (χ0n) is 33.4. The van der Waals surface area contributed by atoms with Crippen LogP contribution < -0.4 is 0 Å². The Morgan fingerprint density at radius 3 is 1.41 bits per heavy atom. The van der Waals surface area contributed by atoms with Crippen LogP contribution in [0.1, 0.15) is 22.3 Å². The van der Waals surface area contributed by atoms with Gasteiger partial charge < -0.3 is 0 Å². The molecule has 286 valence electrons. The van der Waals surface area contributed by atoms with Crippen molar-refractivity contribution in [2.24, 2.45) is 0 Å². The summed E-state index contributed by atoms with van der Waals surface area (Å²) < 4.78 is 0. The molecule has 0 radical (unpaired) electrons. The largest absolute Gasteiger partial charge is 0.256 e. The molecule has 3 nitrogen and oxygen atoms in total. The van der Waals surface area contributed by atoms with E-state index in [-0.39, 0.29) is 0 Å². The summed E-state index contributed by atoms with van der Waals surface area (Å²) in [6, 6.07) is 82.1. The molecule has 0 saturated carbocycles. The van der Waals surface area contributed by atoms with Crippen LogP contribution in [0.5, 0.6) is 0 Å². The summed E-state index contributed by atoms with van der Waals surface area (Å²) in [5, 5.41) is 0. The van der Waals surface area contributed by atoms with Crippen molar-refractivity contribution in [2.75, 3.05) is 0 Å². The van der Waals surface area contributed by atoms with E-state index in [2.05, 4.69) is 194 Å². The van der Waals surface area contributed by atoms with Gasteiger partial charge in [-0.3, -0.25) is 4.98 Å². The first kappa shape index (κ1) is 36.1. The topological polar surface area (TPSA) is 38.7 Å². The molecule has 0 unspecified atom stereocenters. The number of nitrogens with zero attached hydrogens (tertiary/aromatic N) is 3. The highest BCUT2D eigenvalue weighted by molar-refractivity contribution is 5.89. The lowest BCUT2D eigenvalue weighted by atomic mass is 9.67. The molecule has 0 fully saturated rings. The molecule has 0 amide bonds. The smallest absolute Gasteiger partial charge is 0.160 e. The van der Waals surface area contributed by atoms with E-state index in [1.807, 2.05) is 42.6 Å². The Kier molecular flexibility index (Phi) is 9.05. The minimum Gasteiger partial charge on any atom is -0.256 e. The van der Waals surface area contributed by atoms with E-state index in [0.29, 0.717) is 5.82 Å². The van der Waals surface area contributed by atoms with Crippen LogP contribution in [-0.2, 0) is 5.41 Å². The SMILES string of the molecule is c1ccc(-c2ccc(-c3cc(-c4ccc(-c5cccc(-c6ccc7c(c6)-c6ccccc6C7(c6ccccc6)c6ccccc6)c5)cc4)nc(-c4ccccc4)n3)cn2)cc1. The third-order valence-electron chi connectivity index (χ3n) is 12.1. The number of fused-ring (bicyclic) bond motifs is 3. The van der Waals surface area contributed by atoms with Crippen molar-refractivity contribution in [1.29, 1.82) is 0 Å². The maximum absolute atomic E-state index is 5.08. The fourth-order valence-corrected chi connectivity index (χ4v) is 9.12. The third-order valence-corrected chi connectivity index (χ3v) is 12.1. The van der Waals surface area contributed by atoms with Crippen molar-refractivity contribution in [3.05, 3.63) is 259 Å².